The summed E-state index contributed by atoms with van der Waals surface area (Å²) in [5, 5.41) is 9.47. The fraction of sp³-hybridized carbons (Fsp3) is 0.444. The van der Waals surface area contributed by atoms with Gasteiger partial charge in [0.15, 0.2) is 11.7 Å². The quantitative estimate of drug-likeness (QED) is 0.766. The number of fused-ring (bicyclic) bond motifs is 1. The van der Waals surface area contributed by atoms with E-state index in [4.69, 9.17) is 11.6 Å². The molecule has 9 heteroatoms. The van der Waals surface area contributed by atoms with Crippen molar-refractivity contribution in [2.24, 2.45) is 0 Å². The van der Waals surface area contributed by atoms with Crippen molar-refractivity contribution in [1.82, 2.24) is 15.1 Å². The van der Waals surface area contributed by atoms with Crippen molar-refractivity contribution in [3.8, 4) is 0 Å². The van der Waals surface area contributed by atoms with Crippen LogP contribution in [-0.4, -0.2) is 27.4 Å². The van der Waals surface area contributed by atoms with E-state index in [0.29, 0.717) is 5.56 Å². The Bertz CT molecular complexity index is 843. The predicted octanol–water partition coefficient (Wildman–Crippen LogP) is 4.73. The number of halogens is 4. The average Bonchev–Trinajstić information content (AvgIpc) is 2.89. The van der Waals surface area contributed by atoms with Crippen LogP contribution in [0.3, 0.4) is 0 Å². The Kier molecular flexibility index (Phi) is 4.88. The molecule has 2 aromatic rings. The number of hydrogen-bond acceptors (Lipinski definition) is 3. The Morgan fingerprint density at radius 1 is 1.26 bits per heavy atom. The number of carbonyl (C=O) groups excluding carboxylic acids is 1. The summed E-state index contributed by atoms with van der Waals surface area (Å²) in [6.07, 6.45) is -4.78. The molecule has 146 valence electrons. The fourth-order valence-corrected chi connectivity index (χ4v) is 3.30. The van der Waals surface area contributed by atoms with Gasteiger partial charge in [-0.15, -0.1) is 0 Å². The Morgan fingerprint density at radius 2 is 1.89 bits per heavy atom. The summed E-state index contributed by atoms with van der Waals surface area (Å²) in [6.45, 7) is 5.28. The molecule has 0 saturated carbocycles. The standard InChI is InChI=1S/C18H20ClF3N4O/c1-17(2,3)24-16(27)14-13(19)15-23-11(10-7-5-4-6-8-10)9-12(18(20,21)22)26(15)25-14/h4-8,11-12,23H,9H2,1-3H3,(H,24,27)/t11-,12+/m1/s1. The van der Waals surface area contributed by atoms with E-state index in [-0.39, 0.29) is 23.0 Å². The summed E-state index contributed by atoms with van der Waals surface area (Å²) in [4.78, 5) is 12.4. The largest absolute Gasteiger partial charge is 0.410 e. The summed E-state index contributed by atoms with van der Waals surface area (Å²) in [5.41, 5.74) is -0.0958. The SMILES string of the molecule is CC(C)(C)NC(=O)c1nn2c(c1Cl)N[C@@H](c1ccccc1)C[C@H]2C(F)(F)F. The van der Waals surface area contributed by atoms with Crippen molar-refractivity contribution in [2.75, 3.05) is 5.32 Å². The van der Waals surface area contributed by atoms with Gasteiger partial charge in [0.05, 0.1) is 6.04 Å². The Balaban J connectivity index is 2.03. The van der Waals surface area contributed by atoms with Crippen molar-refractivity contribution in [2.45, 2.75) is 51.0 Å². The van der Waals surface area contributed by atoms with E-state index in [1.54, 1.807) is 51.1 Å². The highest BCUT2D eigenvalue weighted by molar-refractivity contribution is 6.36. The number of aromatic nitrogens is 2. The van der Waals surface area contributed by atoms with Gasteiger partial charge in [0.25, 0.3) is 5.91 Å². The number of alkyl halides is 3. The second-order valence-corrected chi connectivity index (χ2v) is 7.94. The molecule has 0 radical (unpaired) electrons. The lowest BCUT2D eigenvalue weighted by molar-refractivity contribution is -0.173. The van der Waals surface area contributed by atoms with Crippen LogP contribution in [0.2, 0.25) is 5.02 Å². The van der Waals surface area contributed by atoms with Crippen molar-refractivity contribution < 1.29 is 18.0 Å². The maximum atomic E-state index is 13.7. The minimum atomic E-state index is -4.53. The third-order valence-corrected chi connectivity index (χ3v) is 4.56. The van der Waals surface area contributed by atoms with E-state index in [1.165, 1.54) is 0 Å². The molecule has 0 aliphatic carbocycles. The monoisotopic (exact) mass is 400 g/mol. The molecule has 2 heterocycles. The molecule has 1 aromatic heterocycles. The third kappa shape index (κ3) is 4.05. The van der Waals surface area contributed by atoms with E-state index in [9.17, 15) is 18.0 Å². The topological polar surface area (TPSA) is 59.0 Å². The molecule has 0 saturated heterocycles. The van der Waals surface area contributed by atoms with Crippen molar-refractivity contribution in [3.05, 3.63) is 46.6 Å². The van der Waals surface area contributed by atoms with Gasteiger partial charge in [-0.2, -0.15) is 18.3 Å². The molecule has 0 fully saturated rings. The minimum absolute atomic E-state index is 0.00171. The lowest BCUT2D eigenvalue weighted by Crippen LogP contribution is -2.41. The maximum absolute atomic E-state index is 13.7. The molecule has 0 unspecified atom stereocenters. The van der Waals surface area contributed by atoms with Crippen LogP contribution >= 0.6 is 11.6 Å². The van der Waals surface area contributed by atoms with Gasteiger partial charge >= 0.3 is 6.18 Å². The molecule has 2 atom stereocenters. The highest BCUT2D eigenvalue weighted by Crippen LogP contribution is 2.46. The van der Waals surface area contributed by atoms with Crippen molar-refractivity contribution >= 4 is 23.3 Å². The highest BCUT2D eigenvalue weighted by atomic mass is 35.5. The zero-order valence-electron chi connectivity index (χ0n) is 15.1. The lowest BCUT2D eigenvalue weighted by atomic mass is 9.97. The van der Waals surface area contributed by atoms with Gasteiger partial charge in [-0.05, 0) is 26.3 Å². The van der Waals surface area contributed by atoms with Crippen LogP contribution < -0.4 is 10.6 Å². The van der Waals surface area contributed by atoms with E-state index in [1.807, 2.05) is 0 Å². The third-order valence-electron chi connectivity index (χ3n) is 4.20. The van der Waals surface area contributed by atoms with Crippen LogP contribution in [0.4, 0.5) is 19.0 Å². The van der Waals surface area contributed by atoms with Gasteiger partial charge in [-0.3, -0.25) is 4.79 Å². The second kappa shape index (κ2) is 6.74. The minimum Gasteiger partial charge on any atom is -0.362 e. The number of nitrogens with one attached hydrogen (secondary N) is 2. The first-order valence-corrected chi connectivity index (χ1v) is 8.84. The Hall–Kier alpha value is -2.22. The molecule has 1 aliphatic rings. The van der Waals surface area contributed by atoms with Crippen LogP contribution in [0.15, 0.2) is 30.3 Å². The molecule has 5 nitrogen and oxygen atoms in total. The van der Waals surface area contributed by atoms with Gasteiger partial charge in [-0.25, -0.2) is 4.68 Å². The molecule has 27 heavy (non-hydrogen) atoms. The van der Waals surface area contributed by atoms with E-state index >= 15 is 0 Å². The fourth-order valence-electron chi connectivity index (χ4n) is 3.04. The van der Waals surface area contributed by atoms with Gasteiger partial charge in [0, 0.05) is 12.0 Å². The van der Waals surface area contributed by atoms with Crippen LogP contribution in [0.1, 0.15) is 55.3 Å². The summed E-state index contributed by atoms with van der Waals surface area (Å²) in [6, 6.07) is 6.33. The Labute approximate surface area is 159 Å². The van der Waals surface area contributed by atoms with Crippen LogP contribution in [0.5, 0.6) is 0 Å². The van der Waals surface area contributed by atoms with Gasteiger partial charge in [0.1, 0.15) is 10.8 Å². The second-order valence-electron chi connectivity index (χ2n) is 7.56. The molecule has 0 bridgehead atoms. The maximum Gasteiger partial charge on any atom is 0.410 e. The van der Waals surface area contributed by atoms with Crippen LogP contribution in [0, 0.1) is 0 Å². The first kappa shape index (κ1) is 19.5. The molecular formula is C18H20ClF3N4O. The predicted molar refractivity (Wildman–Crippen MR) is 97.0 cm³/mol. The lowest BCUT2D eigenvalue weighted by Gasteiger charge is -2.33. The highest BCUT2D eigenvalue weighted by Gasteiger charge is 2.47. The molecule has 2 N–H and O–H groups in total. The Morgan fingerprint density at radius 3 is 2.44 bits per heavy atom. The summed E-state index contributed by atoms with van der Waals surface area (Å²) in [5.74, 6) is -0.619. The number of benzene rings is 1. The smallest absolute Gasteiger partial charge is 0.362 e. The number of anilines is 1. The number of amides is 1. The molecule has 0 spiro atoms. The van der Waals surface area contributed by atoms with Crippen LogP contribution in [-0.2, 0) is 0 Å². The van der Waals surface area contributed by atoms with E-state index < -0.39 is 29.7 Å². The summed E-state index contributed by atoms with van der Waals surface area (Å²) < 4.78 is 41.8. The van der Waals surface area contributed by atoms with Gasteiger partial charge in [0.2, 0.25) is 0 Å². The van der Waals surface area contributed by atoms with Gasteiger partial charge < -0.3 is 10.6 Å². The number of nitrogens with zero attached hydrogens (tertiary/aromatic N) is 2. The van der Waals surface area contributed by atoms with Gasteiger partial charge in [-0.1, -0.05) is 41.9 Å². The number of rotatable bonds is 2. The average molecular weight is 401 g/mol. The molecule has 1 aromatic carbocycles. The summed E-state index contributed by atoms with van der Waals surface area (Å²) >= 11 is 6.26. The number of hydrogen-bond donors (Lipinski definition) is 2. The molecule has 1 aliphatic heterocycles. The molecule has 3 rings (SSSR count). The van der Waals surface area contributed by atoms with Crippen molar-refractivity contribution in [3.63, 3.8) is 0 Å². The molecular weight excluding hydrogens is 381 g/mol. The van der Waals surface area contributed by atoms with Crippen LogP contribution in [0.25, 0.3) is 0 Å². The van der Waals surface area contributed by atoms with Crippen molar-refractivity contribution in [1.29, 1.82) is 0 Å². The normalized spacial score (nSPS) is 20.0. The number of carbonyl (C=O) groups is 1. The summed E-state index contributed by atoms with van der Waals surface area (Å²) in [7, 11) is 0. The molecule has 1 amide bonds. The first-order chi connectivity index (χ1) is 12.5. The zero-order valence-corrected chi connectivity index (χ0v) is 15.8. The first-order valence-electron chi connectivity index (χ1n) is 8.46. The zero-order chi connectivity index (χ0) is 20.0. The van der Waals surface area contributed by atoms with E-state index in [0.717, 1.165) is 4.68 Å². The van der Waals surface area contributed by atoms with E-state index in [2.05, 4.69) is 15.7 Å².